The van der Waals surface area contributed by atoms with E-state index in [1.807, 2.05) is 6.92 Å². The molecule has 0 saturated heterocycles. The number of aliphatic hydroxyl groups is 2. The van der Waals surface area contributed by atoms with Gasteiger partial charge in [0.1, 0.15) is 6.17 Å². The average Bonchev–Trinajstić information content (AvgIpc) is 2.25. The van der Waals surface area contributed by atoms with Crippen LogP contribution in [0, 0.1) is 0 Å². The normalized spacial score (nSPS) is 19.3. The van der Waals surface area contributed by atoms with Crippen LogP contribution in [0.1, 0.15) is 45.4 Å². The van der Waals surface area contributed by atoms with Crippen molar-refractivity contribution in [3.05, 3.63) is 0 Å². The summed E-state index contributed by atoms with van der Waals surface area (Å²) in [5.41, 5.74) is 0. The summed E-state index contributed by atoms with van der Waals surface area (Å²) >= 11 is 0. The number of unbranched alkanes of at least 4 members (excludes halogenated alkanes) is 4. The maximum atomic E-state index is 13.1. The SMILES string of the molecule is CCCCCCCC(F)C(F)C(O)(F)C(O)(F)F. The van der Waals surface area contributed by atoms with E-state index in [9.17, 15) is 22.0 Å². The molecule has 0 aliphatic heterocycles. The van der Waals surface area contributed by atoms with Crippen molar-refractivity contribution in [1.82, 2.24) is 0 Å². The number of hydrogen-bond donors (Lipinski definition) is 2. The minimum atomic E-state index is -5.33. The van der Waals surface area contributed by atoms with Gasteiger partial charge in [-0.25, -0.2) is 8.78 Å². The van der Waals surface area contributed by atoms with Crippen LogP contribution in [-0.2, 0) is 0 Å². The molecule has 2 N–H and O–H groups in total. The van der Waals surface area contributed by atoms with Gasteiger partial charge in [-0.05, 0) is 6.42 Å². The van der Waals surface area contributed by atoms with Crippen molar-refractivity contribution >= 4 is 0 Å². The quantitative estimate of drug-likeness (QED) is 0.502. The van der Waals surface area contributed by atoms with Crippen LogP contribution in [0.4, 0.5) is 22.0 Å². The fourth-order valence-corrected chi connectivity index (χ4v) is 1.49. The molecule has 0 fully saturated rings. The highest BCUT2D eigenvalue weighted by atomic mass is 19.3. The summed E-state index contributed by atoms with van der Waals surface area (Å²) in [5.74, 6) is -4.91. The predicted octanol–water partition coefficient (Wildman–Crippen LogP) is 3.27. The number of rotatable bonds is 9. The monoisotopic (exact) mass is 278 g/mol. The van der Waals surface area contributed by atoms with Crippen LogP contribution in [0.5, 0.6) is 0 Å². The molecular formula is C11H19F5O2. The molecule has 0 radical (unpaired) electrons. The highest BCUT2D eigenvalue weighted by Crippen LogP contribution is 2.35. The highest BCUT2D eigenvalue weighted by molar-refractivity contribution is 4.88. The zero-order valence-electron chi connectivity index (χ0n) is 10.2. The Kier molecular flexibility index (Phi) is 7.06. The maximum Gasteiger partial charge on any atom is 0.415 e. The summed E-state index contributed by atoms with van der Waals surface area (Å²) < 4.78 is 63.2. The first-order valence-electron chi connectivity index (χ1n) is 5.94. The lowest BCUT2D eigenvalue weighted by atomic mass is 10.0. The molecule has 0 aliphatic carbocycles. The van der Waals surface area contributed by atoms with E-state index in [1.54, 1.807) is 0 Å². The van der Waals surface area contributed by atoms with Gasteiger partial charge in [0, 0.05) is 0 Å². The third-order valence-electron chi connectivity index (χ3n) is 2.69. The molecule has 7 heteroatoms. The summed E-state index contributed by atoms with van der Waals surface area (Å²) in [6, 6.07) is 0. The van der Waals surface area contributed by atoms with E-state index in [0.29, 0.717) is 6.42 Å². The van der Waals surface area contributed by atoms with E-state index < -0.39 is 30.7 Å². The first-order valence-corrected chi connectivity index (χ1v) is 5.94. The third kappa shape index (κ3) is 5.06. The lowest BCUT2D eigenvalue weighted by Gasteiger charge is -2.28. The number of hydrogen-bond acceptors (Lipinski definition) is 2. The van der Waals surface area contributed by atoms with Crippen molar-refractivity contribution < 1.29 is 32.2 Å². The van der Waals surface area contributed by atoms with E-state index >= 15 is 0 Å². The van der Waals surface area contributed by atoms with Gasteiger partial charge in [0.25, 0.3) is 0 Å². The van der Waals surface area contributed by atoms with Gasteiger partial charge in [0.2, 0.25) is 0 Å². The second-order valence-electron chi connectivity index (χ2n) is 4.34. The van der Waals surface area contributed by atoms with Crippen molar-refractivity contribution in [2.75, 3.05) is 0 Å². The Labute approximate surface area is 103 Å². The summed E-state index contributed by atoms with van der Waals surface area (Å²) in [4.78, 5) is 0. The van der Waals surface area contributed by atoms with Crippen molar-refractivity contribution in [1.29, 1.82) is 0 Å². The van der Waals surface area contributed by atoms with Crippen LogP contribution < -0.4 is 0 Å². The minimum absolute atomic E-state index is 0.203. The fourth-order valence-electron chi connectivity index (χ4n) is 1.49. The van der Waals surface area contributed by atoms with E-state index in [2.05, 4.69) is 0 Å². The van der Waals surface area contributed by atoms with Gasteiger partial charge < -0.3 is 10.2 Å². The first-order chi connectivity index (χ1) is 8.14. The second-order valence-corrected chi connectivity index (χ2v) is 4.34. The van der Waals surface area contributed by atoms with Gasteiger partial charge >= 0.3 is 12.0 Å². The highest BCUT2D eigenvalue weighted by Gasteiger charge is 2.61. The predicted molar refractivity (Wildman–Crippen MR) is 56.4 cm³/mol. The molecule has 2 nitrogen and oxygen atoms in total. The van der Waals surface area contributed by atoms with Crippen LogP contribution in [0.3, 0.4) is 0 Å². The fraction of sp³-hybridized carbons (Fsp3) is 1.00. The Morgan fingerprint density at radius 1 is 0.944 bits per heavy atom. The average molecular weight is 278 g/mol. The maximum absolute atomic E-state index is 13.1. The lowest BCUT2D eigenvalue weighted by Crippen LogP contribution is -2.54. The van der Waals surface area contributed by atoms with Crippen molar-refractivity contribution in [3.8, 4) is 0 Å². The zero-order valence-corrected chi connectivity index (χ0v) is 10.2. The smallest absolute Gasteiger partial charge is 0.353 e. The lowest BCUT2D eigenvalue weighted by molar-refractivity contribution is -0.374. The van der Waals surface area contributed by atoms with Gasteiger partial charge in [-0.15, -0.1) is 0 Å². The van der Waals surface area contributed by atoms with Gasteiger partial charge in [-0.1, -0.05) is 39.0 Å². The van der Waals surface area contributed by atoms with Crippen LogP contribution in [-0.4, -0.2) is 34.5 Å². The first kappa shape index (κ1) is 17.6. The Bertz CT molecular complexity index is 230. The summed E-state index contributed by atoms with van der Waals surface area (Å²) in [6.07, 6.45) is -8.45. The molecule has 0 heterocycles. The molecule has 0 aromatic heterocycles. The molecule has 18 heavy (non-hydrogen) atoms. The van der Waals surface area contributed by atoms with Gasteiger partial charge in [-0.3, -0.25) is 0 Å². The molecule has 3 unspecified atom stereocenters. The van der Waals surface area contributed by atoms with E-state index in [4.69, 9.17) is 10.2 Å². The molecule has 0 aromatic carbocycles. The largest absolute Gasteiger partial charge is 0.415 e. The topological polar surface area (TPSA) is 40.5 Å². The van der Waals surface area contributed by atoms with Gasteiger partial charge in [0.15, 0.2) is 6.17 Å². The summed E-state index contributed by atoms with van der Waals surface area (Å²) in [6.45, 7) is 1.96. The Morgan fingerprint density at radius 2 is 1.44 bits per heavy atom. The summed E-state index contributed by atoms with van der Waals surface area (Å²) in [7, 11) is 0. The minimum Gasteiger partial charge on any atom is -0.353 e. The Hall–Kier alpha value is -0.430. The molecule has 0 aliphatic rings. The van der Waals surface area contributed by atoms with E-state index in [-0.39, 0.29) is 6.42 Å². The second kappa shape index (κ2) is 7.23. The van der Waals surface area contributed by atoms with E-state index in [1.165, 1.54) is 0 Å². The zero-order chi connectivity index (χ0) is 14.4. The molecule has 0 amide bonds. The number of alkyl halides is 5. The molecule has 0 aromatic rings. The van der Waals surface area contributed by atoms with Crippen molar-refractivity contribution in [2.24, 2.45) is 0 Å². The Balaban J connectivity index is 4.14. The molecule has 0 spiro atoms. The van der Waals surface area contributed by atoms with Crippen LogP contribution in [0.15, 0.2) is 0 Å². The molecule has 3 atom stereocenters. The van der Waals surface area contributed by atoms with Crippen molar-refractivity contribution in [3.63, 3.8) is 0 Å². The standard InChI is InChI=1S/C11H19F5O2/c1-2-3-4-5-6-7-8(12)9(13)10(14,17)11(15,16)18/h8-9,17-18H,2-7H2,1H3. The van der Waals surface area contributed by atoms with Gasteiger partial charge in [0.05, 0.1) is 0 Å². The molecule has 110 valence electrons. The molecule has 0 saturated carbocycles. The van der Waals surface area contributed by atoms with Gasteiger partial charge in [-0.2, -0.15) is 13.2 Å². The van der Waals surface area contributed by atoms with E-state index in [0.717, 1.165) is 19.3 Å². The Morgan fingerprint density at radius 3 is 1.89 bits per heavy atom. The van der Waals surface area contributed by atoms with Crippen LogP contribution in [0.2, 0.25) is 0 Å². The van der Waals surface area contributed by atoms with Crippen LogP contribution in [0.25, 0.3) is 0 Å². The summed E-state index contributed by atoms with van der Waals surface area (Å²) in [5, 5.41) is 16.4. The number of halogens is 5. The van der Waals surface area contributed by atoms with Crippen LogP contribution >= 0.6 is 0 Å². The van der Waals surface area contributed by atoms with Crippen molar-refractivity contribution in [2.45, 2.75) is 69.8 Å². The molecular weight excluding hydrogens is 259 g/mol. The molecule has 0 bridgehead atoms. The third-order valence-corrected chi connectivity index (χ3v) is 2.69. The molecule has 0 rings (SSSR count).